The minimum Gasteiger partial charge on any atom is -0.342 e. The summed E-state index contributed by atoms with van der Waals surface area (Å²) in [6, 6.07) is -0.108. The summed E-state index contributed by atoms with van der Waals surface area (Å²) in [7, 11) is 0. The van der Waals surface area contributed by atoms with Crippen molar-refractivity contribution in [2.45, 2.75) is 45.3 Å². The normalized spacial score (nSPS) is 23.7. The lowest BCUT2D eigenvalue weighted by atomic mass is 10.0. The van der Waals surface area contributed by atoms with Crippen LogP contribution in [-0.2, 0) is 16.1 Å². The lowest BCUT2D eigenvalue weighted by molar-refractivity contribution is -0.139. The molecule has 18 heavy (non-hydrogen) atoms. The van der Waals surface area contributed by atoms with Crippen LogP contribution in [0.25, 0.3) is 0 Å². The smallest absolute Gasteiger partial charge is 0.248 e. The second kappa shape index (κ2) is 4.68. The van der Waals surface area contributed by atoms with Gasteiger partial charge in [0.1, 0.15) is 10.5 Å². The van der Waals surface area contributed by atoms with Crippen LogP contribution in [0.1, 0.15) is 32.2 Å². The third kappa shape index (κ3) is 2.53. The van der Waals surface area contributed by atoms with Crippen molar-refractivity contribution in [1.82, 2.24) is 15.2 Å². The van der Waals surface area contributed by atoms with Gasteiger partial charge in [0, 0.05) is 24.0 Å². The Balaban J connectivity index is 2.25. The van der Waals surface area contributed by atoms with Crippen molar-refractivity contribution in [3.05, 3.63) is 16.6 Å². The van der Waals surface area contributed by atoms with Gasteiger partial charge in [0.05, 0.1) is 6.54 Å². The molecule has 0 spiro atoms. The topological polar surface area (TPSA) is 62.3 Å². The van der Waals surface area contributed by atoms with Crippen molar-refractivity contribution in [2.75, 3.05) is 0 Å². The quantitative estimate of drug-likeness (QED) is 0.874. The van der Waals surface area contributed by atoms with Crippen LogP contribution >= 0.6 is 11.3 Å². The van der Waals surface area contributed by atoms with E-state index in [1.165, 1.54) is 11.3 Å². The summed E-state index contributed by atoms with van der Waals surface area (Å²) in [6.07, 6.45) is 2.06. The third-order valence-electron chi connectivity index (χ3n) is 3.05. The summed E-state index contributed by atoms with van der Waals surface area (Å²) in [5.74, 6) is -0.140. The molecule has 98 valence electrons. The first-order valence-electron chi connectivity index (χ1n) is 5.90. The average molecular weight is 267 g/mol. The summed E-state index contributed by atoms with van der Waals surface area (Å²) < 4.78 is 0. The Morgan fingerprint density at radius 3 is 2.89 bits per heavy atom. The zero-order valence-corrected chi connectivity index (χ0v) is 11.6. The molecule has 2 rings (SSSR count). The fraction of sp³-hybridized carbons (Fsp3) is 0.583. The van der Waals surface area contributed by atoms with Crippen molar-refractivity contribution < 1.29 is 9.59 Å². The molecule has 2 heterocycles. The number of aromatic nitrogens is 1. The van der Waals surface area contributed by atoms with E-state index < -0.39 is 5.54 Å². The van der Waals surface area contributed by atoms with Gasteiger partial charge in [0.2, 0.25) is 11.8 Å². The SMILES string of the molecule is CC1CC(=O)NC(C)(C)C(=O)N1Cc1nccs1. The van der Waals surface area contributed by atoms with Gasteiger partial charge in [-0.15, -0.1) is 11.3 Å². The molecule has 0 aromatic carbocycles. The van der Waals surface area contributed by atoms with Crippen LogP contribution in [0.15, 0.2) is 11.6 Å². The molecule has 1 aromatic heterocycles. The Hall–Kier alpha value is -1.43. The molecular formula is C12H17N3O2S. The molecule has 0 saturated carbocycles. The zero-order valence-electron chi connectivity index (χ0n) is 10.8. The molecular weight excluding hydrogens is 250 g/mol. The molecule has 5 nitrogen and oxygen atoms in total. The minimum absolute atomic E-state index is 0.0592. The van der Waals surface area contributed by atoms with Crippen molar-refractivity contribution in [3.63, 3.8) is 0 Å². The van der Waals surface area contributed by atoms with E-state index in [0.717, 1.165) is 5.01 Å². The molecule has 1 unspecified atom stereocenters. The van der Waals surface area contributed by atoms with Crippen LogP contribution < -0.4 is 5.32 Å². The molecule has 1 atom stereocenters. The number of carbonyl (C=O) groups excluding carboxylic acids is 2. The highest BCUT2D eigenvalue weighted by atomic mass is 32.1. The van der Waals surface area contributed by atoms with Gasteiger partial charge in [0.15, 0.2) is 0 Å². The second-order valence-electron chi connectivity index (χ2n) is 5.09. The lowest BCUT2D eigenvalue weighted by Gasteiger charge is -2.31. The first-order valence-corrected chi connectivity index (χ1v) is 6.78. The predicted molar refractivity (Wildman–Crippen MR) is 69.0 cm³/mol. The molecule has 2 amide bonds. The van der Waals surface area contributed by atoms with Crippen molar-refractivity contribution in [1.29, 1.82) is 0 Å². The Bertz CT molecular complexity index is 456. The molecule has 0 radical (unpaired) electrons. The Labute approximate surface area is 110 Å². The van der Waals surface area contributed by atoms with E-state index in [9.17, 15) is 9.59 Å². The number of nitrogens with one attached hydrogen (secondary N) is 1. The van der Waals surface area contributed by atoms with E-state index in [-0.39, 0.29) is 17.9 Å². The van der Waals surface area contributed by atoms with E-state index in [4.69, 9.17) is 0 Å². The first-order chi connectivity index (χ1) is 8.40. The largest absolute Gasteiger partial charge is 0.342 e. The maximum Gasteiger partial charge on any atom is 0.248 e. The van der Waals surface area contributed by atoms with Crippen LogP contribution in [-0.4, -0.2) is 33.3 Å². The van der Waals surface area contributed by atoms with Crippen LogP contribution in [0.3, 0.4) is 0 Å². The molecule has 6 heteroatoms. The van der Waals surface area contributed by atoms with Gasteiger partial charge in [0.25, 0.3) is 0 Å². The standard InChI is InChI=1S/C12H17N3O2S/c1-8-6-9(16)14-12(2,3)11(17)15(8)7-10-13-4-5-18-10/h4-5,8H,6-7H2,1-3H3,(H,14,16). The number of carbonyl (C=O) groups is 2. The molecule has 1 saturated heterocycles. The summed E-state index contributed by atoms with van der Waals surface area (Å²) in [5.41, 5.74) is -0.848. The van der Waals surface area contributed by atoms with E-state index >= 15 is 0 Å². The molecule has 1 aromatic rings. The van der Waals surface area contributed by atoms with Crippen LogP contribution in [0.2, 0.25) is 0 Å². The maximum atomic E-state index is 12.4. The number of thiazole rings is 1. The van der Waals surface area contributed by atoms with Gasteiger partial charge >= 0.3 is 0 Å². The minimum atomic E-state index is -0.848. The highest BCUT2D eigenvalue weighted by Crippen LogP contribution is 2.21. The zero-order chi connectivity index (χ0) is 13.3. The van der Waals surface area contributed by atoms with Gasteiger partial charge in [-0.25, -0.2) is 4.98 Å². The van der Waals surface area contributed by atoms with Gasteiger partial charge in [-0.2, -0.15) is 0 Å². The number of hydrogen-bond donors (Lipinski definition) is 1. The number of nitrogens with zero attached hydrogens (tertiary/aromatic N) is 2. The van der Waals surface area contributed by atoms with E-state index in [2.05, 4.69) is 10.3 Å². The Morgan fingerprint density at radius 2 is 2.28 bits per heavy atom. The molecule has 0 aliphatic carbocycles. The molecule has 1 fully saturated rings. The molecule has 1 aliphatic rings. The third-order valence-corrected chi connectivity index (χ3v) is 3.81. The fourth-order valence-electron chi connectivity index (χ4n) is 2.10. The highest BCUT2D eigenvalue weighted by Gasteiger charge is 2.39. The molecule has 1 N–H and O–H groups in total. The monoisotopic (exact) mass is 267 g/mol. The number of rotatable bonds is 2. The predicted octanol–water partition coefficient (Wildman–Crippen LogP) is 1.16. The van der Waals surface area contributed by atoms with E-state index in [1.54, 1.807) is 24.9 Å². The van der Waals surface area contributed by atoms with Gasteiger partial charge in [-0.05, 0) is 20.8 Å². The summed E-state index contributed by atoms with van der Waals surface area (Å²) in [4.78, 5) is 30.1. The summed E-state index contributed by atoms with van der Waals surface area (Å²) in [5, 5.41) is 5.54. The van der Waals surface area contributed by atoms with Gasteiger partial charge in [-0.3, -0.25) is 9.59 Å². The summed E-state index contributed by atoms with van der Waals surface area (Å²) >= 11 is 1.52. The first kappa shape index (κ1) is 13.0. The average Bonchev–Trinajstić information content (AvgIpc) is 2.73. The number of hydrogen-bond acceptors (Lipinski definition) is 4. The summed E-state index contributed by atoms with van der Waals surface area (Å²) in [6.45, 7) is 5.84. The maximum absolute atomic E-state index is 12.4. The lowest BCUT2D eigenvalue weighted by Crippen LogP contribution is -2.53. The number of amides is 2. The second-order valence-corrected chi connectivity index (χ2v) is 6.06. The molecule has 1 aliphatic heterocycles. The van der Waals surface area contributed by atoms with Crippen molar-refractivity contribution >= 4 is 23.2 Å². The van der Waals surface area contributed by atoms with E-state index in [0.29, 0.717) is 13.0 Å². The Kier molecular flexibility index (Phi) is 3.38. The van der Waals surface area contributed by atoms with Crippen molar-refractivity contribution in [3.8, 4) is 0 Å². The highest BCUT2D eigenvalue weighted by molar-refractivity contribution is 7.09. The molecule has 0 bridgehead atoms. The van der Waals surface area contributed by atoms with Crippen LogP contribution in [0.5, 0.6) is 0 Å². The van der Waals surface area contributed by atoms with Crippen LogP contribution in [0.4, 0.5) is 0 Å². The van der Waals surface area contributed by atoms with Gasteiger partial charge < -0.3 is 10.2 Å². The van der Waals surface area contributed by atoms with Crippen molar-refractivity contribution in [2.24, 2.45) is 0 Å². The Morgan fingerprint density at radius 1 is 1.56 bits per heavy atom. The fourth-order valence-corrected chi connectivity index (χ4v) is 2.71. The van der Waals surface area contributed by atoms with Crippen LogP contribution in [0, 0.1) is 0 Å². The van der Waals surface area contributed by atoms with E-state index in [1.807, 2.05) is 12.3 Å². The van der Waals surface area contributed by atoms with Gasteiger partial charge in [-0.1, -0.05) is 0 Å².